The summed E-state index contributed by atoms with van der Waals surface area (Å²) in [6.07, 6.45) is 1.71. The van der Waals surface area contributed by atoms with Gasteiger partial charge >= 0.3 is 0 Å². The fourth-order valence-corrected chi connectivity index (χ4v) is 1.35. The fourth-order valence-electron chi connectivity index (χ4n) is 1.35. The standard InChI is InChI=1S/C13H11N3O/c1-9-2-5-13(16-8-9)17-12-4-3-11(15)6-10(12)7-14/h2-6,8H,15H2,1H3. The van der Waals surface area contributed by atoms with Gasteiger partial charge in [-0.2, -0.15) is 5.26 Å². The van der Waals surface area contributed by atoms with E-state index in [9.17, 15) is 0 Å². The lowest BCUT2D eigenvalue weighted by molar-refractivity contribution is 0.461. The highest BCUT2D eigenvalue weighted by atomic mass is 16.5. The van der Waals surface area contributed by atoms with Gasteiger partial charge < -0.3 is 10.5 Å². The second-order valence-electron chi connectivity index (χ2n) is 3.64. The Labute approximate surface area is 99.3 Å². The maximum atomic E-state index is 8.96. The van der Waals surface area contributed by atoms with Crippen LogP contribution in [0.25, 0.3) is 0 Å². The highest BCUT2D eigenvalue weighted by Crippen LogP contribution is 2.25. The van der Waals surface area contributed by atoms with Crippen molar-refractivity contribution in [2.75, 3.05) is 5.73 Å². The van der Waals surface area contributed by atoms with Crippen LogP contribution in [-0.2, 0) is 0 Å². The second kappa shape index (κ2) is 4.54. The van der Waals surface area contributed by atoms with E-state index in [0.717, 1.165) is 5.56 Å². The van der Waals surface area contributed by atoms with E-state index in [0.29, 0.717) is 22.9 Å². The number of nitrogens with zero attached hydrogens (tertiary/aromatic N) is 2. The van der Waals surface area contributed by atoms with Crippen LogP contribution in [0, 0.1) is 18.3 Å². The van der Waals surface area contributed by atoms with Crippen molar-refractivity contribution < 1.29 is 4.74 Å². The number of aryl methyl sites for hydroxylation is 1. The number of nitriles is 1. The molecule has 0 unspecified atom stereocenters. The summed E-state index contributed by atoms with van der Waals surface area (Å²) in [5.74, 6) is 0.912. The number of aromatic nitrogens is 1. The van der Waals surface area contributed by atoms with Gasteiger partial charge in [0.15, 0.2) is 0 Å². The molecule has 0 aliphatic carbocycles. The summed E-state index contributed by atoms with van der Waals surface area (Å²) in [6, 6.07) is 10.6. The van der Waals surface area contributed by atoms with Crippen molar-refractivity contribution in [1.82, 2.24) is 4.98 Å². The van der Waals surface area contributed by atoms with E-state index < -0.39 is 0 Å². The van der Waals surface area contributed by atoms with E-state index in [1.54, 1.807) is 30.5 Å². The molecule has 0 saturated heterocycles. The van der Waals surface area contributed by atoms with Crippen LogP contribution >= 0.6 is 0 Å². The molecule has 0 bridgehead atoms. The molecular formula is C13H11N3O. The summed E-state index contributed by atoms with van der Waals surface area (Å²) in [5, 5.41) is 8.96. The maximum Gasteiger partial charge on any atom is 0.219 e. The highest BCUT2D eigenvalue weighted by Gasteiger charge is 2.05. The Hall–Kier alpha value is -2.54. The topological polar surface area (TPSA) is 71.9 Å². The average molecular weight is 225 g/mol. The molecule has 0 atom stereocenters. The predicted molar refractivity (Wildman–Crippen MR) is 64.6 cm³/mol. The minimum atomic E-state index is 0.396. The van der Waals surface area contributed by atoms with E-state index in [4.69, 9.17) is 15.7 Å². The van der Waals surface area contributed by atoms with E-state index in [2.05, 4.69) is 4.98 Å². The first kappa shape index (κ1) is 11.0. The molecular weight excluding hydrogens is 214 g/mol. The molecule has 2 rings (SSSR count). The van der Waals surface area contributed by atoms with Gasteiger partial charge in [-0.1, -0.05) is 6.07 Å². The number of pyridine rings is 1. The van der Waals surface area contributed by atoms with Gasteiger partial charge in [0.25, 0.3) is 0 Å². The van der Waals surface area contributed by atoms with Gasteiger partial charge in [-0.15, -0.1) is 0 Å². The minimum Gasteiger partial charge on any atom is -0.438 e. The Morgan fingerprint density at radius 2 is 2.12 bits per heavy atom. The molecule has 0 radical (unpaired) electrons. The number of rotatable bonds is 2. The SMILES string of the molecule is Cc1ccc(Oc2ccc(N)cc2C#N)nc1. The Balaban J connectivity index is 2.30. The predicted octanol–water partition coefficient (Wildman–Crippen LogP) is 2.64. The summed E-state index contributed by atoms with van der Waals surface area (Å²) < 4.78 is 5.52. The van der Waals surface area contributed by atoms with Crippen LogP contribution in [0.2, 0.25) is 0 Å². The van der Waals surface area contributed by atoms with Crippen LogP contribution < -0.4 is 10.5 Å². The average Bonchev–Trinajstić information content (AvgIpc) is 2.34. The van der Waals surface area contributed by atoms with E-state index in [1.807, 2.05) is 19.1 Å². The molecule has 84 valence electrons. The number of hydrogen-bond donors (Lipinski definition) is 1. The third-order valence-corrected chi connectivity index (χ3v) is 2.22. The van der Waals surface area contributed by atoms with E-state index in [-0.39, 0.29) is 0 Å². The van der Waals surface area contributed by atoms with E-state index >= 15 is 0 Å². The minimum absolute atomic E-state index is 0.396. The van der Waals surface area contributed by atoms with Crippen molar-refractivity contribution in [3.05, 3.63) is 47.7 Å². The normalized spacial score (nSPS) is 9.65. The van der Waals surface area contributed by atoms with Crippen molar-refractivity contribution in [3.63, 3.8) is 0 Å². The van der Waals surface area contributed by atoms with Crippen molar-refractivity contribution in [1.29, 1.82) is 5.26 Å². The molecule has 0 amide bonds. The molecule has 2 N–H and O–H groups in total. The van der Waals surface area contributed by atoms with E-state index in [1.165, 1.54) is 0 Å². The van der Waals surface area contributed by atoms with Crippen molar-refractivity contribution in [2.45, 2.75) is 6.92 Å². The molecule has 17 heavy (non-hydrogen) atoms. The van der Waals surface area contributed by atoms with Crippen LogP contribution in [0.15, 0.2) is 36.5 Å². The Bertz CT molecular complexity index is 570. The Morgan fingerprint density at radius 3 is 2.76 bits per heavy atom. The number of hydrogen-bond acceptors (Lipinski definition) is 4. The third kappa shape index (κ3) is 2.52. The molecule has 1 aromatic carbocycles. The van der Waals surface area contributed by atoms with Gasteiger partial charge in [0, 0.05) is 18.0 Å². The van der Waals surface area contributed by atoms with Gasteiger partial charge in [-0.05, 0) is 30.7 Å². The molecule has 4 heteroatoms. The van der Waals surface area contributed by atoms with Gasteiger partial charge in [-0.3, -0.25) is 0 Å². The summed E-state index contributed by atoms with van der Waals surface area (Å²) in [4.78, 5) is 4.11. The molecule has 2 aromatic rings. The van der Waals surface area contributed by atoms with Crippen LogP contribution in [0.3, 0.4) is 0 Å². The Kier molecular flexibility index (Phi) is 2.93. The quantitative estimate of drug-likeness (QED) is 0.797. The van der Waals surface area contributed by atoms with Gasteiger partial charge in [0.2, 0.25) is 5.88 Å². The van der Waals surface area contributed by atoms with Crippen molar-refractivity contribution in [3.8, 4) is 17.7 Å². The molecule has 0 aliphatic heterocycles. The summed E-state index contributed by atoms with van der Waals surface area (Å²) in [7, 11) is 0. The molecule has 0 saturated carbocycles. The van der Waals surface area contributed by atoms with Crippen molar-refractivity contribution in [2.24, 2.45) is 0 Å². The molecule has 0 fully saturated rings. The van der Waals surface area contributed by atoms with Crippen LogP contribution in [0.1, 0.15) is 11.1 Å². The first-order chi connectivity index (χ1) is 8.19. The first-order valence-corrected chi connectivity index (χ1v) is 5.09. The lowest BCUT2D eigenvalue weighted by Crippen LogP contribution is -1.93. The van der Waals surface area contributed by atoms with Gasteiger partial charge in [0.05, 0.1) is 5.56 Å². The van der Waals surface area contributed by atoms with Crippen LogP contribution in [0.4, 0.5) is 5.69 Å². The molecule has 4 nitrogen and oxygen atoms in total. The lowest BCUT2D eigenvalue weighted by Gasteiger charge is -2.06. The zero-order chi connectivity index (χ0) is 12.3. The molecule has 0 aliphatic rings. The second-order valence-corrected chi connectivity index (χ2v) is 3.64. The highest BCUT2D eigenvalue weighted by molar-refractivity contribution is 5.53. The monoisotopic (exact) mass is 225 g/mol. The summed E-state index contributed by atoms with van der Waals surface area (Å²) in [6.45, 7) is 1.95. The third-order valence-electron chi connectivity index (χ3n) is 2.22. The van der Waals surface area contributed by atoms with Crippen LogP contribution in [-0.4, -0.2) is 4.98 Å². The summed E-state index contributed by atoms with van der Waals surface area (Å²) in [5.41, 5.74) is 7.57. The number of benzene rings is 1. The maximum absolute atomic E-state index is 8.96. The zero-order valence-corrected chi connectivity index (χ0v) is 9.34. The smallest absolute Gasteiger partial charge is 0.219 e. The molecule has 1 heterocycles. The first-order valence-electron chi connectivity index (χ1n) is 5.09. The zero-order valence-electron chi connectivity index (χ0n) is 9.34. The lowest BCUT2D eigenvalue weighted by atomic mass is 10.2. The largest absolute Gasteiger partial charge is 0.438 e. The number of nitrogens with two attached hydrogens (primary N) is 1. The van der Waals surface area contributed by atoms with Crippen LogP contribution in [0.5, 0.6) is 11.6 Å². The fraction of sp³-hybridized carbons (Fsp3) is 0.0769. The van der Waals surface area contributed by atoms with Gasteiger partial charge in [0.1, 0.15) is 11.8 Å². The number of nitrogen functional groups attached to an aromatic ring is 1. The Morgan fingerprint density at radius 1 is 1.29 bits per heavy atom. The summed E-state index contributed by atoms with van der Waals surface area (Å²) >= 11 is 0. The van der Waals surface area contributed by atoms with Crippen molar-refractivity contribution >= 4 is 5.69 Å². The number of anilines is 1. The number of ether oxygens (including phenoxy) is 1. The van der Waals surface area contributed by atoms with Gasteiger partial charge in [-0.25, -0.2) is 4.98 Å². The molecule has 1 aromatic heterocycles. The molecule has 0 spiro atoms.